The first-order valence-electron chi connectivity index (χ1n) is 5.65. The van der Waals surface area contributed by atoms with E-state index in [0.29, 0.717) is 12.0 Å². The van der Waals surface area contributed by atoms with Crippen LogP contribution in [0.5, 0.6) is 0 Å². The maximum absolute atomic E-state index is 9.59. The topological polar surface area (TPSA) is 32.7 Å². The molecule has 1 saturated heterocycles. The molecule has 0 saturated carbocycles. The van der Waals surface area contributed by atoms with Crippen LogP contribution in [0.25, 0.3) is 0 Å². The van der Waals surface area contributed by atoms with E-state index in [1.807, 2.05) is 6.92 Å². The van der Waals surface area contributed by atoms with Gasteiger partial charge in [-0.3, -0.25) is 4.90 Å². The highest BCUT2D eigenvalue weighted by molar-refractivity contribution is 4.86. The largest absolute Gasteiger partial charge is 0.392 e. The minimum Gasteiger partial charge on any atom is -0.392 e. The molecule has 0 aromatic rings. The van der Waals surface area contributed by atoms with Crippen molar-refractivity contribution < 1.29 is 9.84 Å². The summed E-state index contributed by atoms with van der Waals surface area (Å²) in [7, 11) is 0. The molecule has 1 heterocycles. The normalized spacial score (nSPS) is 28.9. The highest BCUT2D eigenvalue weighted by Crippen LogP contribution is 2.23. The molecule has 0 bridgehead atoms. The quantitative estimate of drug-likeness (QED) is 0.676. The van der Waals surface area contributed by atoms with Crippen LogP contribution in [0.15, 0.2) is 0 Å². The highest BCUT2D eigenvalue weighted by Gasteiger charge is 2.32. The van der Waals surface area contributed by atoms with E-state index < -0.39 is 0 Å². The molecule has 84 valence electrons. The molecule has 1 fully saturated rings. The zero-order valence-corrected chi connectivity index (χ0v) is 9.57. The van der Waals surface area contributed by atoms with Gasteiger partial charge in [0.15, 0.2) is 0 Å². The van der Waals surface area contributed by atoms with E-state index in [2.05, 4.69) is 18.7 Å². The Kier molecular flexibility index (Phi) is 4.85. The lowest BCUT2D eigenvalue weighted by Gasteiger charge is -2.26. The van der Waals surface area contributed by atoms with Crippen LogP contribution in [0, 0.1) is 5.92 Å². The summed E-state index contributed by atoms with van der Waals surface area (Å²) in [6.07, 6.45) is 0.785. The van der Waals surface area contributed by atoms with Crippen LogP contribution in [0.4, 0.5) is 0 Å². The van der Waals surface area contributed by atoms with Gasteiger partial charge in [0.05, 0.1) is 12.7 Å². The standard InChI is InChI=1S/C11H23NO2/c1-4-14-6-5-12-8-10(13)7-11(12)9(2)3/h9-11,13H,4-8H2,1-3H3. The number of hydrogen-bond donors (Lipinski definition) is 1. The van der Waals surface area contributed by atoms with Crippen molar-refractivity contribution in [2.45, 2.75) is 39.3 Å². The number of rotatable bonds is 5. The second-order valence-electron chi connectivity index (χ2n) is 4.39. The number of likely N-dealkylation sites (tertiary alicyclic amines) is 1. The van der Waals surface area contributed by atoms with Crippen molar-refractivity contribution in [1.29, 1.82) is 0 Å². The summed E-state index contributed by atoms with van der Waals surface area (Å²) in [5.74, 6) is 0.619. The van der Waals surface area contributed by atoms with Crippen molar-refractivity contribution in [2.75, 3.05) is 26.3 Å². The summed E-state index contributed by atoms with van der Waals surface area (Å²) in [5, 5.41) is 9.59. The van der Waals surface area contributed by atoms with E-state index in [1.165, 1.54) is 0 Å². The number of aliphatic hydroxyl groups is 1. The van der Waals surface area contributed by atoms with Crippen LogP contribution < -0.4 is 0 Å². The van der Waals surface area contributed by atoms with Crippen LogP contribution in [-0.4, -0.2) is 48.5 Å². The second-order valence-corrected chi connectivity index (χ2v) is 4.39. The summed E-state index contributed by atoms with van der Waals surface area (Å²) in [5.41, 5.74) is 0. The zero-order chi connectivity index (χ0) is 10.6. The van der Waals surface area contributed by atoms with E-state index >= 15 is 0 Å². The lowest BCUT2D eigenvalue weighted by molar-refractivity contribution is 0.0955. The van der Waals surface area contributed by atoms with E-state index in [4.69, 9.17) is 4.74 Å². The predicted molar refractivity (Wildman–Crippen MR) is 57.3 cm³/mol. The van der Waals surface area contributed by atoms with E-state index in [0.717, 1.165) is 32.7 Å². The molecule has 2 atom stereocenters. The first-order chi connectivity index (χ1) is 6.65. The maximum Gasteiger partial charge on any atom is 0.0682 e. The molecule has 0 aromatic carbocycles. The third-order valence-electron chi connectivity index (χ3n) is 2.92. The van der Waals surface area contributed by atoms with Gasteiger partial charge in [0.25, 0.3) is 0 Å². The smallest absolute Gasteiger partial charge is 0.0682 e. The summed E-state index contributed by atoms with van der Waals surface area (Å²) in [6, 6.07) is 0.533. The van der Waals surface area contributed by atoms with Gasteiger partial charge in [-0.05, 0) is 19.3 Å². The molecule has 3 nitrogen and oxygen atoms in total. The van der Waals surface area contributed by atoms with Crippen molar-refractivity contribution in [1.82, 2.24) is 4.90 Å². The lowest BCUT2D eigenvalue weighted by Crippen LogP contribution is -2.36. The first kappa shape index (κ1) is 12.0. The molecule has 2 unspecified atom stereocenters. The summed E-state index contributed by atoms with van der Waals surface area (Å²) in [4.78, 5) is 2.35. The summed E-state index contributed by atoms with van der Waals surface area (Å²) < 4.78 is 5.34. The fourth-order valence-electron chi connectivity index (χ4n) is 2.19. The summed E-state index contributed by atoms with van der Waals surface area (Å²) >= 11 is 0. The molecule has 1 N–H and O–H groups in total. The van der Waals surface area contributed by atoms with Gasteiger partial charge in [0.2, 0.25) is 0 Å². The maximum atomic E-state index is 9.59. The fourth-order valence-corrected chi connectivity index (χ4v) is 2.19. The van der Waals surface area contributed by atoms with Gasteiger partial charge >= 0.3 is 0 Å². The molecule has 0 aromatic heterocycles. The predicted octanol–water partition coefficient (Wildman–Crippen LogP) is 1.11. The van der Waals surface area contributed by atoms with Crippen molar-refractivity contribution in [3.05, 3.63) is 0 Å². The van der Waals surface area contributed by atoms with Crippen molar-refractivity contribution in [3.8, 4) is 0 Å². The molecule has 1 aliphatic rings. The minimum atomic E-state index is -0.135. The van der Waals surface area contributed by atoms with Crippen LogP contribution >= 0.6 is 0 Å². The number of nitrogens with zero attached hydrogens (tertiary/aromatic N) is 1. The van der Waals surface area contributed by atoms with Crippen molar-refractivity contribution in [2.24, 2.45) is 5.92 Å². The van der Waals surface area contributed by atoms with Gasteiger partial charge in [0, 0.05) is 25.7 Å². The second kappa shape index (κ2) is 5.69. The Morgan fingerprint density at radius 3 is 2.79 bits per heavy atom. The Morgan fingerprint density at radius 2 is 2.21 bits per heavy atom. The van der Waals surface area contributed by atoms with Crippen LogP contribution in [-0.2, 0) is 4.74 Å². The van der Waals surface area contributed by atoms with Crippen LogP contribution in [0.1, 0.15) is 27.2 Å². The lowest BCUT2D eigenvalue weighted by atomic mass is 10.0. The Bertz CT molecular complexity index is 161. The van der Waals surface area contributed by atoms with Crippen LogP contribution in [0.2, 0.25) is 0 Å². The molecule has 0 aliphatic carbocycles. The Labute approximate surface area is 87.1 Å². The van der Waals surface area contributed by atoms with E-state index in [1.54, 1.807) is 0 Å². The van der Waals surface area contributed by atoms with Gasteiger partial charge < -0.3 is 9.84 Å². The van der Waals surface area contributed by atoms with Gasteiger partial charge in [0.1, 0.15) is 0 Å². The number of β-amino-alcohol motifs (C(OH)–C–C–N with tert-alkyl or cyclic N) is 1. The minimum absolute atomic E-state index is 0.135. The average Bonchev–Trinajstić information content (AvgIpc) is 2.47. The van der Waals surface area contributed by atoms with Gasteiger partial charge in [-0.2, -0.15) is 0 Å². The fraction of sp³-hybridized carbons (Fsp3) is 1.00. The zero-order valence-electron chi connectivity index (χ0n) is 9.57. The molecule has 3 heteroatoms. The molecule has 1 rings (SSSR count). The summed E-state index contributed by atoms with van der Waals surface area (Å²) in [6.45, 7) is 9.78. The highest BCUT2D eigenvalue weighted by atomic mass is 16.5. The molecule has 0 radical (unpaired) electrons. The van der Waals surface area contributed by atoms with Gasteiger partial charge in [-0.1, -0.05) is 13.8 Å². The van der Waals surface area contributed by atoms with Crippen molar-refractivity contribution in [3.63, 3.8) is 0 Å². The number of ether oxygens (including phenoxy) is 1. The molecule has 1 aliphatic heterocycles. The molecular weight excluding hydrogens is 178 g/mol. The monoisotopic (exact) mass is 201 g/mol. The third kappa shape index (κ3) is 3.23. The Morgan fingerprint density at radius 1 is 1.50 bits per heavy atom. The van der Waals surface area contributed by atoms with Crippen molar-refractivity contribution >= 4 is 0 Å². The van der Waals surface area contributed by atoms with E-state index in [-0.39, 0.29) is 6.10 Å². The van der Waals surface area contributed by atoms with Gasteiger partial charge in [-0.25, -0.2) is 0 Å². The van der Waals surface area contributed by atoms with E-state index in [9.17, 15) is 5.11 Å². The molecule has 0 spiro atoms. The molecule has 14 heavy (non-hydrogen) atoms. The Hall–Kier alpha value is -0.120. The van der Waals surface area contributed by atoms with Gasteiger partial charge in [-0.15, -0.1) is 0 Å². The number of aliphatic hydroxyl groups excluding tert-OH is 1. The average molecular weight is 201 g/mol. The SMILES string of the molecule is CCOCCN1CC(O)CC1C(C)C. The molecule has 0 amide bonds. The number of hydrogen-bond acceptors (Lipinski definition) is 3. The molecular formula is C11H23NO2. The first-order valence-corrected chi connectivity index (χ1v) is 5.65. The Balaban J connectivity index is 2.33. The van der Waals surface area contributed by atoms with Crippen LogP contribution in [0.3, 0.4) is 0 Å². The third-order valence-corrected chi connectivity index (χ3v) is 2.92.